The summed E-state index contributed by atoms with van der Waals surface area (Å²) in [5.41, 5.74) is 0. The molecular formula is C18H38O3. The molecule has 2 N–H and O–H groups in total. The molecule has 0 heterocycles. The molecule has 0 aromatic heterocycles. The van der Waals surface area contributed by atoms with Crippen molar-refractivity contribution in [2.75, 3.05) is 6.61 Å². The third-order valence-corrected chi connectivity index (χ3v) is 4.16. The van der Waals surface area contributed by atoms with Gasteiger partial charge in [0.2, 0.25) is 0 Å². The minimum Gasteiger partial charge on any atom is -0.393 e. The summed E-state index contributed by atoms with van der Waals surface area (Å²) < 4.78 is 0. The maximum Gasteiger partial charge on any atom is 0.0819 e. The second-order valence-electron chi connectivity index (χ2n) is 6.31. The van der Waals surface area contributed by atoms with Gasteiger partial charge in [-0.25, -0.2) is 4.89 Å². The molecule has 0 aliphatic carbocycles. The van der Waals surface area contributed by atoms with E-state index in [0.29, 0.717) is 6.61 Å². The average molecular weight is 302 g/mol. The zero-order chi connectivity index (χ0) is 15.6. The molecule has 0 aromatic carbocycles. The molecule has 0 fully saturated rings. The summed E-state index contributed by atoms with van der Waals surface area (Å²) in [6.07, 6.45) is 18.1. The standard InChI is InChI=1S/C18H38O3/c1-2-3-4-5-6-7-8-9-10-12-15-18(19)16-13-11-14-17-21-20/h18-20H,2-17H2,1H3. The molecule has 0 aliphatic heterocycles. The van der Waals surface area contributed by atoms with Crippen molar-refractivity contribution in [3.05, 3.63) is 0 Å². The fraction of sp³-hybridized carbons (Fsp3) is 1.00. The van der Waals surface area contributed by atoms with E-state index in [1.807, 2.05) is 0 Å². The maximum atomic E-state index is 9.85. The Balaban J connectivity index is 3.09. The van der Waals surface area contributed by atoms with Gasteiger partial charge in [0.1, 0.15) is 0 Å². The maximum absolute atomic E-state index is 9.85. The molecule has 21 heavy (non-hydrogen) atoms. The van der Waals surface area contributed by atoms with Crippen LogP contribution in [0.25, 0.3) is 0 Å². The topological polar surface area (TPSA) is 49.7 Å². The Bertz CT molecular complexity index is 185. The fourth-order valence-electron chi connectivity index (χ4n) is 2.74. The van der Waals surface area contributed by atoms with Gasteiger partial charge in [-0.3, -0.25) is 5.26 Å². The number of aliphatic hydroxyl groups is 1. The summed E-state index contributed by atoms with van der Waals surface area (Å²) in [6, 6.07) is 0. The predicted molar refractivity (Wildman–Crippen MR) is 89.5 cm³/mol. The molecule has 0 radical (unpaired) electrons. The van der Waals surface area contributed by atoms with E-state index in [4.69, 9.17) is 5.26 Å². The van der Waals surface area contributed by atoms with Gasteiger partial charge in [-0.05, 0) is 19.3 Å². The van der Waals surface area contributed by atoms with Gasteiger partial charge in [0.25, 0.3) is 0 Å². The zero-order valence-electron chi connectivity index (χ0n) is 14.2. The van der Waals surface area contributed by atoms with Crippen molar-refractivity contribution in [3.8, 4) is 0 Å². The van der Waals surface area contributed by atoms with Crippen LogP contribution < -0.4 is 0 Å². The normalized spacial score (nSPS) is 12.7. The lowest BCUT2D eigenvalue weighted by Gasteiger charge is -2.10. The van der Waals surface area contributed by atoms with Crippen molar-refractivity contribution in [1.29, 1.82) is 0 Å². The van der Waals surface area contributed by atoms with E-state index in [1.54, 1.807) is 0 Å². The Kier molecular flexibility index (Phi) is 17.8. The molecule has 0 bridgehead atoms. The van der Waals surface area contributed by atoms with Crippen molar-refractivity contribution in [2.24, 2.45) is 0 Å². The summed E-state index contributed by atoms with van der Waals surface area (Å²) >= 11 is 0. The van der Waals surface area contributed by atoms with Crippen molar-refractivity contribution < 1.29 is 15.3 Å². The highest BCUT2D eigenvalue weighted by molar-refractivity contribution is 4.57. The SMILES string of the molecule is CCCCCCCCCCCCC(O)CCCCCOO. The number of aliphatic hydroxyl groups excluding tert-OH is 1. The molecule has 0 aliphatic rings. The lowest BCUT2D eigenvalue weighted by Crippen LogP contribution is -2.06. The molecule has 3 heteroatoms. The Hall–Kier alpha value is -0.120. The molecule has 0 saturated heterocycles. The first-order valence-corrected chi connectivity index (χ1v) is 9.25. The summed E-state index contributed by atoms with van der Waals surface area (Å²) in [5.74, 6) is 0. The highest BCUT2D eigenvalue weighted by Gasteiger charge is 2.03. The van der Waals surface area contributed by atoms with Crippen LogP contribution in [0, 0.1) is 0 Å². The highest BCUT2D eigenvalue weighted by atomic mass is 17.1. The van der Waals surface area contributed by atoms with Gasteiger partial charge in [-0.15, -0.1) is 0 Å². The van der Waals surface area contributed by atoms with E-state index < -0.39 is 0 Å². The largest absolute Gasteiger partial charge is 0.393 e. The smallest absolute Gasteiger partial charge is 0.0819 e. The van der Waals surface area contributed by atoms with E-state index in [0.717, 1.165) is 38.5 Å². The molecule has 0 spiro atoms. The van der Waals surface area contributed by atoms with Gasteiger partial charge in [-0.2, -0.15) is 0 Å². The van der Waals surface area contributed by atoms with E-state index in [-0.39, 0.29) is 6.10 Å². The monoisotopic (exact) mass is 302 g/mol. The molecule has 1 unspecified atom stereocenters. The zero-order valence-corrected chi connectivity index (χ0v) is 14.2. The number of unbranched alkanes of at least 4 members (excludes halogenated alkanes) is 11. The lowest BCUT2D eigenvalue weighted by atomic mass is 10.0. The lowest BCUT2D eigenvalue weighted by molar-refractivity contribution is -0.242. The second kappa shape index (κ2) is 17.9. The summed E-state index contributed by atoms with van der Waals surface area (Å²) in [7, 11) is 0. The third kappa shape index (κ3) is 17.8. The summed E-state index contributed by atoms with van der Waals surface area (Å²) in [5, 5.41) is 18.0. The van der Waals surface area contributed by atoms with Crippen LogP contribution in [-0.4, -0.2) is 23.1 Å². The van der Waals surface area contributed by atoms with Gasteiger partial charge in [0.05, 0.1) is 12.7 Å². The third-order valence-electron chi connectivity index (χ3n) is 4.16. The molecule has 0 saturated carbocycles. The number of hydrogen-bond acceptors (Lipinski definition) is 3. The van der Waals surface area contributed by atoms with Crippen LogP contribution in [0.15, 0.2) is 0 Å². The Morgan fingerprint density at radius 1 is 0.667 bits per heavy atom. The van der Waals surface area contributed by atoms with Crippen LogP contribution in [-0.2, 0) is 4.89 Å². The van der Waals surface area contributed by atoms with Crippen LogP contribution >= 0.6 is 0 Å². The second-order valence-corrected chi connectivity index (χ2v) is 6.31. The van der Waals surface area contributed by atoms with Gasteiger partial charge >= 0.3 is 0 Å². The molecular weight excluding hydrogens is 264 g/mol. The first-order chi connectivity index (χ1) is 10.3. The van der Waals surface area contributed by atoms with Crippen molar-refractivity contribution >= 4 is 0 Å². The Morgan fingerprint density at radius 2 is 1.10 bits per heavy atom. The van der Waals surface area contributed by atoms with E-state index in [1.165, 1.54) is 57.8 Å². The van der Waals surface area contributed by atoms with E-state index in [9.17, 15) is 5.11 Å². The fourth-order valence-corrected chi connectivity index (χ4v) is 2.74. The van der Waals surface area contributed by atoms with Crippen LogP contribution in [0.3, 0.4) is 0 Å². The number of rotatable bonds is 17. The average Bonchev–Trinajstić information content (AvgIpc) is 2.49. The van der Waals surface area contributed by atoms with Crippen LogP contribution in [0.4, 0.5) is 0 Å². The van der Waals surface area contributed by atoms with Crippen molar-refractivity contribution in [3.63, 3.8) is 0 Å². The Morgan fingerprint density at radius 3 is 1.57 bits per heavy atom. The Labute approximate surface area is 132 Å². The van der Waals surface area contributed by atoms with Gasteiger partial charge < -0.3 is 5.11 Å². The van der Waals surface area contributed by atoms with Gasteiger partial charge in [0, 0.05) is 0 Å². The van der Waals surface area contributed by atoms with Crippen LogP contribution in [0.1, 0.15) is 103 Å². The first-order valence-electron chi connectivity index (χ1n) is 9.25. The molecule has 0 amide bonds. The van der Waals surface area contributed by atoms with Gasteiger partial charge in [0.15, 0.2) is 0 Å². The number of hydrogen-bond donors (Lipinski definition) is 2. The molecule has 3 nitrogen and oxygen atoms in total. The molecule has 0 aromatic rings. The minimum atomic E-state index is -0.130. The first kappa shape index (κ1) is 20.9. The van der Waals surface area contributed by atoms with Crippen molar-refractivity contribution in [2.45, 2.75) is 109 Å². The van der Waals surface area contributed by atoms with Crippen molar-refractivity contribution in [1.82, 2.24) is 0 Å². The molecule has 1 atom stereocenters. The highest BCUT2D eigenvalue weighted by Crippen LogP contribution is 2.14. The quantitative estimate of drug-likeness (QED) is 0.205. The van der Waals surface area contributed by atoms with E-state index >= 15 is 0 Å². The minimum absolute atomic E-state index is 0.130. The van der Waals surface area contributed by atoms with Crippen LogP contribution in [0.5, 0.6) is 0 Å². The summed E-state index contributed by atoms with van der Waals surface area (Å²) in [4.78, 5) is 4.03. The van der Waals surface area contributed by atoms with E-state index in [2.05, 4.69) is 11.8 Å². The van der Waals surface area contributed by atoms with Gasteiger partial charge in [-0.1, -0.05) is 84.0 Å². The molecule has 128 valence electrons. The van der Waals surface area contributed by atoms with Crippen LogP contribution in [0.2, 0.25) is 0 Å². The predicted octanol–water partition coefficient (Wildman–Crippen LogP) is 5.71. The molecule has 0 rings (SSSR count). The summed E-state index contributed by atoms with van der Waals surface area (Å²) in [6.45, 7) is 2.67.